The van der Waals surface area contributed by atoms with Crippen molar-refractivity contribution >= 4 is 0 Å². The average molecular weight is 92.1 g/mol. The molecular formula is C2H6N2O2. The third-order valence-corrected chi connectivity index (χ3v) is 0.319. The molecule has 0 aromatic heterocycles. The fraction of sp³-hybridized carbons (Fsp3) is 1.00. The van der Waals surface area contributed by atoms with Gasteiger partial charge in [-0.1, -0.05) is 0 Å². The van der Waals surface area contributed by atoms with Crippen LogP contribution in [0.25, 0.3) is 0 Å². The smallest absolute Gasteiger partial charge is 0.168 e. The van der Waals surface area contributed by atoms with E-state index in [0.29, 0.717) is 0 Å². The van der Waals surface area contributed by atoms with Crippen LogP contribution in [0.15, 0.2) is 5.11 Å². The largest absolute Gasteiger partial charge is 0.384 e. The molecule has 0 radical (unpaired) electrons. The summed E-state index contributed by atoms with van der Waals surface area (Å²) in [5.41, 5.74) is 0. The fourth-order valence-electron chi connectivity index (χ4n) is 0.0816. The second-order valence-corrected chi connectivity index (χ2v) is 0.620. The first-order valence-corrected chi connectivity index (χ1v) is 1.42. The molecule has 0 saturated carbocycles. The molecule has 0 saturated heterocycles. The zero-order chi connectivity index (χ0) is 4.99. The van der Waals surface area contributed by atoms with Gasteiger partial charge in [0.1, 0.15) is 0 Å². The second-order valence-electron chi connectivity index (χ2n) is 0.620. The predicted molar refractivity (Wildman–Crippen MR) is 19.0 cm³/mol. The minimum absolute atomic E-state index is 0.125. The molecule has 0 rings (SSSR count). The molecule has 0 aliphatic rings. The van der Waals surface area contributed by atoms with Gasteiger partial charge in [0, 0.05) is 12.2 Å². The van der Waals surface area contributed by atoms with E-state index in [2.05, 4.69) is 9.95 Å². The Hall–Kier alpha value is -0.800. The van der Waals surface area contributed by atoms with Gasteiger partial charge in [-0.05, 0) is 0 Å². The summed E-state index contributed by atoms with van der Waals surface area (Å²) in [5.74, 6) is 0. The lowest BCUT2D eigenvalue weighted by atomic mass is 11.7. The van der Waals surface area contributed by atoms with Gasteiger partial charge >= 0.3 is 0 Å². The quantitative estimate of drug-likeness (QED) is 0.341. The molecule has 0 spiro atoms. The Kier molecular flexibility index (Phi) is 2.11. The fourth-order valence-corrected chi connectivity index (χ4v) is 0.0816. The lowest BCUT2D eigenvalue weighted by Gasteiger charge is -1.86. The Labute approximate surface area is 35.6 Å². The molecule has 36 valence electrons. The minimum Gasteiger partial charge on any atom is -0.384 e. The van der Waals surface area contributed by atoms with Gasteiger partial charge in [0.25, 0.3) is 0 Å². The first-order chi connectivity index (χ1) is 2.81. The van der Waals surface area contributed by atoms with E-state index in [1.165, 1.54) is 14.2 Å². The van der Waals surface area contributed by atoms with Gasteiger partial charge in [0.2, 0.25) is 0 Å². The summed E-state index contributed by atoms with van der Waals surface area (Å²) in [4.78, 5) is 4.01. The van der Waals surface area contributed by atoms with Crippen LogP contribution in [0.2, 0.25) is 0 Å². The molecule has 0 aromatic carbocycles. The van der Waals surface area contributed by atoms with Crippen LogP contribution in [0.3, 0.4) is 0 Å². The van der Waals surface area contributed by atoms with Crippen LogP contribution in [0.4, 0.5) is 0 Å². The highest BCUT2D eigenvalue weighted by molar-refractivity contribution is 3.85. The third kappa shape index (κ3) is 1.51. The Balaban J connectivity index is 3.22. The maximum Gasteiger partial charge on any atom is 0.168 e. The summed E-state index contributed by atoms with van der Waals surface area (Å²) in [6.45, 7) is 0. The Morgan fingerprint density at radius 1 is 2.00 bits per heavy atom. The van der Waals surface area contributed by atoms with Crippen molar-refractivity contribution in [3.63, 3.8) is 0 Å². The molecule has 0 aromatic rings. The van der Waals surface area contributed by atoms with Crippen LogP contribution < -0.4 is 0 Å². The molecule has 0 N–H and O–H groups in total. The van der Waals surface area contributed by atoms with Crippen molar-refractivity contribution in [2.24, 2.45) is 5.11 Å². The van der Waals surface area contributed by atoms with E-state index in [1.54, 1.807) is 0 Å². The number of nitrogens with zero attached hydrogens (tertiary/aromatic N) is 2. The van der Waals surface area contributed by atoms with Crippen LogP contribution in [0.1, 0.15) is 0 Å². The summed E-state index contributed by atoms with van der Waals surface area (Å²) < 4.78 is 0. The Bertz CT molecular complexity index is 60.6. The number of rotatable bonds is 1. The van der Waals surface area contributed by atoms with Gasteiger partial charge in [-0.3, -0.25) is 0 Å². The molecule has 6 heavy (non-hydrogen) atoms. The first-order valence-electron chi connectivity index (χ1n) is 1.42. The van der Waals surface area contributed by atoms with Crippen LogP contribution in [-0.4, -0.2) is 19.2 Å². The van der Waals surface area contributed by atoms with E-state index in [4.69, 9.17) is 0 Å². The highest BCUT2D eigenvalue weighted by Crippen LogP contribution is 1.66. The topological polar surface area (TPSA) is 47.7 Å². The molecule has 0 aliphatic heterocycles. The summed E-state index contributed by atoms with van der Waals surface area (Å²) in [7, 11) is 2.59. The normalized spacial score (nSPS) is 11.3. The van der Waals surface area contributed by atoms with Crippen LogP contribution in [0.5, 0.6) is 0 Å². The van der Waals surface area contributed by atoms with Gasteiger partial charge < -0.3 is 4.84 Å². The van der Waals surface area contributed by atoms with Gasteiger partial charge in [0.05, 0.1) is 7.05 Å². The van der Waals surface area contributed by atoms with E-state index in [9.17, 15) is 5.21 Å². The maximum absolute atomic E-state index is 9.71. The second kappa shape index (κ2) is 2.44. The highest BCUT2D eigenvalue weighted by Gasteiger charge is 1.76. The first kappa shape index (κ1) is 5.20. The Morgan fingerprint density at radius 3 is 2.50 bits per heavy atom. The van der Waals surface area contributed by atoms with Crippen LogP contribution >= 0.6 is 0 Å². The van der Waals surface area contributed by atoms with E-state index in [-0.39, 0.29) is 5.02 Å². The van der Waals surface area contributed by atoms with Crippen molar-refractivity contribution in [2.45, 2.75) is 0 Å². The molecule has 0 atom stereocenters. The summed E-state index contributed by atoms with van der Waals surface area (Å²) in [6, 6.07) is 0. The van der Waals surface area contributed by atoms with Gasteiger partial charge in [-0.25, -0.2) is 5.21 Å². The summed E-state index contributed by atoms with van der Waals surface area (Å²) in [5, 5.41) is 12.9. The van der Waals surface area contributed by atoms with Crippen LogP contribution in [-0.2, 0) is 4.84 Å². The predicted octanol–water partition coefficient (Wildman–Crippen LogP) is 0.140. The number of hydrogen-bond donors (Lipinski definition) is 0. The van der Waals surface area contributed by atoms with Crippen molar-refractivity contribution in [1.29, 1.82) is 0 Å². The molecule has 0 amide bonds. The van der Waals surface area contributed by atoms with E-state index in [0.717, 1.165) is 0 Å². The monoisotopic (exact) mass is 92.0 g/mol. The van der Waals surface area contributed by atoms with E-state index < -0.39 is 0 Å². The molecule has 0 unspecified atom stereocenters. The average Bonchev–Trinajstić information content (AvgIpc) is 1.65. The Morgan fingerprint density at radius 2 is 2.50 bits per heavy atom. The maximum atomic E-state index is 9.71. The van der Waals surface area contributed by atoms with Crippen molar-refractivity contribution in [1.82, 2.24) is 0 Å². The van der Waals surface area contributed by atoms with Crippen molar-refractivity contribution in [3.8, 4) is 0 Å². The SMILES string of the molecule is CO[N+]([O-])=N[14CH3]. The third-order valence-electron chi connectivity index (χ3n) is 0.319. The highest BCUT2D eigenvalue weighted by atomic mass is 16.9. The molecule has 4 heteroatoms. The lowest BCUT2D eigenvalue weighted by Crippen LogP contribution is -1.94. The van der Waals surface area contributed by atoms with Crippen molar-refractivity contribution in [3.05, 3.63) is 5.21 Å². The van der Waals surface area contributed by atoms with Gasteiger partial charge in [-0.15, -0.1) is 0 Å². The molecule has 4 nitrogen and oxygen atoms in total. The van der Waals surface area contributed by atoms with E-state index in [1.807, 2.05) is 0 Å². The molecule has 0 heterocycles. The molecular weight excluding hydrogens is 86.0 g/mol. The zero-order valence-corrected chi connectivity index (χ0v) is 3.71. The van der Waals surface area contributed by atoms with Crippen molar-refractivity contribution in [2.75, 3.05) is 14.2 Å². The zero-order valence-electron chi connectivity index (χ0n) is 3.71. The van der Waals surface area contributed by atoms with Gasteiger partial charge in [-0.2, -0.15) is 0 Å². The van der Waals surface area contributed by atoms with Crippen LogP contribution in [0, 0.1) is 5.21 Å². The van der Waals surface area contributed by atoms with Gasteiger partial charge in [0.15, 0.2) is 5.02 Å². The van der Waals surface area contributed by atoms with E-state index >= 15 is 0 Å². The number of hydrogen-bond acceptors (Lipinski definition) is 3. The standard InChI is InChI=1S/C2H6N2O2/c1-3-4(5)6-2/h1-2H3/i1+2. The summed E-state index contributed by atoms with van der Waals surface area (Å²) >= 11 is 0. The minimum atomic E-state index is 0.125. The molecule has 0 fully saturated rings. The van der Waals surface area contributed by atoms with Crippen molar-refractivity contribution < 1.29 is 9.86 Å². The lowest BCUT2D eigenvalue weighted by molar-refractivity contribution is -0.782. The molecule has 0 bridgehead atoms. The molecule has 0 aliphatic carbocycles. The summed E-state index contributed by atoms with van der Waals surface area (Å²) in [6.07, 6.45) is 0.